The van der Waals surface area contributed by atoms with E-state index in [1.807, 2.05) is 0 Å². The molecule has 1 fully saturated rings. The summed E-state index contributed by atoms with van der Waals surface area (Å²) in [6.07, 6.45) is 7.30. The van der Waals surface area contributed by atoms with Crippen molar-refractivity contribution >= 4 is 17.9 Å². The normalized spacial score (nSPS) is 17.9. The SMILES string of the molecule is C/C(=C\c1cnc(N[C@@H]2CCCN(CCc3ccc(F)c(F)c3)C2)cn1)C(=O)O. The van der Waals surface area contributed by atoms with Crippen molar-refractivity contribution in [1.29, 1.82) is 0 Å². The molecule has 0 amide bonds. The molecule has 8 heteroatoms. The van der Waals surface area contributed by atoms with Gasteiger partial charge in [-0.25, -0.2) is 18.6 Å². The highest BCUT2D eigenvalue weighted by Crippen LogP contribution is 2.16. The fraction of sp³-hybridized carbons (Fsp3) is 0.381. The van der Waals surface area contributed by atoms with Crippen LogP contribution in [0.25, 0.3) is 6.08 Å². The molecule has 1 aromatic heterocycles. The average molecular weight is 402 g/mol. The van der Waals surface area contributed by atoms with Gasteiger partial charge in [0.2, 0.25) is 0 Å². The summed E-state index contributed by atoms with van der Waals surface area (Å²) in [5, 5.41) is 12.3. The van der Waals surface area contributed by atoms with Crippen LogP contribution in [-0.2, 0) is 11.2 Å². The zero-order valence-electron chi connectivity index (χ0n) is 16.2. The molecular weight excluding hydrogens is 378 g/mol. The zero-order valence-corrected chi connectivity index (χ0v) is 16.2. The van der Waals surface area contributed by atoms with Crippen LogP contribution in [-0.4, -0.2) is 51.6 Å². The van der Waals surface area contributed by atoms with Crippen molar-refractivity contribution in [2.24, 2.45) is 0 Å². The van der Waals surface area contributed by atoms with E-state index >= 15 is 0 Å². The van der Waals surface area contributed by atoms with E-state index in [1.165, 1.54) is 25.1 Å². The van der Waals surface area contributed by atoms with Crippen molar-refractivity contribution in [3.8, 4) is 0 Å². The summed E-state index contributed by atoms with van der Waals surface area (Å²) in [5.74, 6) is -1.98. The first kappa shape index (κ1) is 20.9. The van der Waals surface area contributed by atoms with E-state index in [1.54, 1.807) is 18.5 Å². The van der Waals surface area contributed by atoms with E-state index in [4.69, 9.17) is 5.11 Å². The molecule has 154 valence electrons. The summed E-state index contributed by atoms with van der Waals surface area (Å²) in [7, 11) is 0. The predicted octanol–water partition coefficient (Wildman–Crippen LogP) is 3.36. The highest BCUT2D eigenvalue weighted by Gasteiger charge is 2.20. The number of carboxylic acids is 1. The molecular formula is C21H24F2N4O2. The second-order valence-corrected chi connectivity index (χ2v) is 7.24. The molecule has 0 saturated carbocycles. The van der Waals surface area contributed by atoms with Crippen molar-refractivity contribution in [2.75, 3.05) is 25.0 Å². The van der Waals surface area contributed by atoms with Crippen molar-refractivity contribution in [2.45, 2.75) is 32.2 Å². The van der Waals surface area contributed by atoms with Crippen molar-refractivity contribution in [3.05, 3.63) is 59.1 Å². The number of benzene rings is 1. The second kappa shape index (κ2) is 9.56. The molecule has 2 aromatic rings. The Morgan fingerprint density at radius 1 is 1.31 bits per heavy atom. The molecule has 3 rings (SSSR count). The van der Waals surface area contributed by atoms with Crippen LogP contribution in [0.1, 0.15) is 31.0 Å². The standard InChI is InChI=1S/C21H24F2N4O2/c1-14(21(28)29)9-17-11-25-20(12-24-17)26-16-3-2-7-27(13-16)8-6-15-4-5-18(22)19(23)10-15/h4-5,9-12,16H,2-3,6-8,13H2,1H3,(H,25,26)(H,28,29)/b14-9+/t16-/m1/s1. The van der Waals surface area contributed by atoms with Gasteiger partial charge in [0.05, 0.1) is 18.1 Å². The molecule has 0 unspecified atom stereocenters. The van der Waals surface area contributed by atoms with Gasteiger partial charge >= 0.3 is 5.97 Å². The van der Waals surface area contributed by atoms with Gasteiger partial charge in [-0.05, 0) is 56.5 Å². The lowest BCUT2D eigenvalue weighted by atomic mass is 10.0. The maximum atomic E-state index is 13.3. The molecule has 2 N–H and O–H groups in total. The van der Waals surface area contributed by atoms with Crippen LogP contribution in [0.2, 0.25) is 0 Å². The number of nitrogens with zero attached hydrogens (tertiary/aromatic N) is 3. The summed E-state index contributed by atoms with van der Waals surface area (Å²) in [6.45, 7) is 4.07. The minimum Gasteiger partial charge on any atom is -0.478 e. The molecule has 1 aliphatic rings. The molecule has 6 nitrogen and oxygen atoms in total. The number of aromatic nitrogens is 2. The van der Waals surface area contributed by atoms with E-state index in [-0.39, 0.29) is 11.6 Å². The number of likely N-dealkylation sites (tertiary alicyclic amines) is 1. The van der Waals surface area contributed by atoms with Gasteiger partial charge in [-0.2, -0.15) is 0 Å². The molecule has 0 spiro atoms. The quantitative estimate of drug-likeness (QED) is 0.692. The highest BCUT2D eigenvalue weighted by molar-refractivity contribution is 5.91. The Bertz CT molecular complexity index is 887. The van der Waals surface area contributed by atoms with E-state index in [2.05, 4.69) is 20.2 Å². The summed E-state index contributed by atoms with van der Waals surface area (Å²) in [4.78, 5) is 21.7. The Balaban J connectivity index is 1.52. The molecule has 0 aliphatic carbocycles. The van der Waals surface area contributed by atoms with Crippen molar-refractivity contribution < 1.29 is 18.7 Å². The Labute approximate surface area is 168 Å². The fourth-order valence-corrected chi connectivity index (χ4v) is 3.34. The van der Waals surface area contributed by atoms with Gasteiger partial charge in [0, 0.05) is 24.7 Å². The fourth-order valence-electron chi connectivity index (χ4n) is 3.34. The van der Waals surface area contributed by atoms with Crippen LogP contribution in [0, 0.1) is 11.6 Å². The molecule has 1 saturated heterocycles. The molecule has 0 radical (unpaired) electrons. The van der Waals surface area contributed by atoms with E-state index in [0.717, 1.165) is 38.0 Å². The summed E-state index contributed by atoms with van der Waals surface area (Å²) in [5.41, 5.74) is 1.47. The zero-order chi connectivity index (χ0) is 20.8. The van der Waals surface area contributed by atoms with Crippen molar-refractivity contribution in [3.63, 3.8) is 0 Å². The first-order valence-electron chi connectivity index (χ1n) is 9.57. The largest absolute Gasteiger partial charge is 0.478 e. The predicted molar refractivity (Wildman–Crippen MR) is 106 cm³/mol. The number of halogens is 2. The number of carboxylic acid groups (broad SMARTS) is 1. The van der Waals surface area contributed by atoms with Gasteiger partial charge in [0.25, 0.3) is 0 Å². The third kappa shape index (κ3) is 6.05. The van der Waals surface area contributed by atoms with E-state index in [9.17, 15) is 13.6 Å². The van der Waals surface area contributed by atoms with Gasteiger partial charge in [-0.15, -0.1) is 0 Å². The second-order valence-electron chi connectivity index (χ2n) is 7.24. The molecule has 2 heterocycles. The van der Waals surface area contributed by atoms with Crippen LogP contribution >= 0.6 is 0 Å². The van der Waals surface area contributed by atoms with Gasteiger partial charge in [-0.3, -0.25) is 4.98 Å². The monoisotopic (exact) mass is 402 g/mol. The van der Waals surface area contributed by atoms with Crippen LogP contribution in [0.3, 0.4) is 0 Å². The van der Waals surface area contributed by atoms with Crippen LogP contribution in [0.4, 0.5) is 14.6 Å². The minimum atomic E-state index is -0.986. The van der Waals surface area contributed by atoms with E-state index < -0.39 is 17.6 Å². The smallest absolute Gasteiger partial charge is 0.331 e. The lowest BCUT2D eigenvalue weighted by molar-refractivity contribution is -0.132. The Hall–Kier alpha value is -2.87. The van der Waals surface area contributed by atoms with Crippen LogP contribution in [0.5, 0.6) is 0 Å². The number of aliphatic carboxylic acids is 1. The Morgan fingerprint density at radius 3 is 2.83 bits per heavy atom. The third-order valence-electron chi connectivity index (χ3n) is 4.93. The summed E-state index contributed by atoms with van der Waals surface area (Å²) < 4.78 is 26.4. The van der Waals surface area contributed by atoms with E-state index in [0.29, 0.717) is 17.9 Å². The van der Waals surface area contributed by atoms with Gasteiger partial charge in [0.15, 0.2) is 11.6 Å². The Morgan fingerprint density at radius 2 is 2.14 bits per heavy atom. The van der Waals surface area contributed by atoms with Crippen molar-refractivity contribution in [1.82, 2.24) is 14.9 Å². The van der Waals surface area contributed by atoms with Gasteiger partial charge in [-0.1, -0.05) is 6.07 Å². The number of carbonyl (C=O) groups is 1. The maximum Gasteiger partial charge on any atom is 0.331 e. The number of nitrogens with one attached hydrogen (secondary N) is 1. The van der Waals surface area contributed by atoms with Crippen LogP contribution < -0.4 is 5.32 Å². The van der Waals surface area contributed by atoms with Gasteiger partial charge < -0.3 is 15.3 Å². The Kier molecular flexibility index (Phi) is 6.87. The minimum absolute atomic E-state index is 0.198. The molecule has 0 bridgehead atoms. The maximum absolute atomic E-state index is 13.3. The number of hydrogen-bond donors (Lipinski definition) is 2. The number of anilines is 1. The lowest BCUT2D eigenvalue weighted by Gasteiger charge is -2.33. The lowest BCUT2D eigenvalue weighted by Crippen LogP contribution is -2.43. The topological polar surface area (TPSA) is 78.4 Å². The summed E-state index contributed by atoms with van der Waals surface area (Å²) >= 11 is 0. The van der Waals surface area contributed by atoms with Crippen LogP contribution in [0.15, 0.2) is 36.2 Å². The van der Waals surface area contributed by atoms with Gasteiger partial charge in [0.1, 0.15) is 5.82 Å². The molecule has 1 aromatic carbocycles. The highest BCUT2D eigenvalue weighted by atomic mass is 19.2. The first-order chi connectivity index (χ1) is 13.9. The average Bonchev–Trinajstić information content (AvgIpc) is 2.70. The molecule has 1 aliphatic heterocycles. The molecule has 29 heavy (non-hydrogen) atoms. The number of piperidine rings is 1. The molecule has 1 atom stereocenters. The number of hydrogen-bond acceptors (Lipinski definition) is 5. The first-order valence-corrected chi connectivity index (χ1v) is 9.57. The number of rotatable bonds is 7. The summed E-state index contributed by atoms with van der Waals surface area (Å²) in [6, 6.07) is 4.26. The third-order valence-corrected chi connectivity index (χ3v) is 4.93.